The Kier molecular flexibility index (Phi) is 12.9. The molecule has 0 bridgehead atoms. The summed E-state index contributed by atoms with van der Waals surface area (Å²) in [6.07, 6.45) is 1.36. The highest BCUT2D eigenvalue weighted by Crippen LogP contribution is 2.54. The van der Waals surface area contributed by atoms with Gasteiger partial charge in [-0.3, -0.25) is 4.79 Å². The van der Waals surface area contributed by atoms with Crippen molar-refractivity contribution in [3.63, 3.8) is 0 Å². The van der Waals surface area contributed by atoms with Crippen molar-refractivity contribution in [1.29, 1.82) is 0 Å². The van der Waals surface area contributed by atoms with Crippen LogP contribution in [0.3, 0.4) is 0 Å². The Morgan fingerprint density at radius 1 is 0.702 bits per heavy atom. The molecule has 2 aliphatic heterocycles. The average molecular weight is 715 g/mol. The van der Waals surface area contributed by atoms with Crippen molar-refractivity contribution in [2.75, 3.05) is 0 Å². The molecular weight excluding hydrogens is 649 g/mol. The van der Waals surface area contributed by atoms with Crippen molar-refractivity contribution in [2.45, 2.75) is 211 Å². The van der Waals surface area contributed by atoms with Crippen LogP contribution in [0.25, 0.3) is 0 Å². The Bertz CT molecular complexity index is 1050. The van der Waals surface area contributed by atoms with Crippen molar-refractivity contribution in [1.82, 2.24) is 0 Å². The number of Topliss-reactive ketones (excluding diaryl/α,β-unsaturated/α-hetero) is 1. The zero-order valence-electron chi connectivity index (χ0n) is 31.5. The van der Waals surface area contributed by atoms with Gasteiger partial charge in [0.15, 0.2) is 20.2 Å². The van der Waals surface area contributed by atoms with Gasteiger partial charge in [-0.05, 0) is 60.1 Å². The number of rotatable bonds is 13. The maximum atomic E-state index is 13.5. The molecule has 4 fully saturated rings. The largest absolute Gasteiger partial charge is 0.457 e. The Labute approximate surface area is 288 Å². The molecule has 0 radical (unpaired) electrons. The highest BCUT2D eigenvalue weighted by atomic mass is 28.5. The lowest BCUT2D eigenvalue weighted by Crippen LogP contribution is -2.69. The van der Waals surface area contributed by atoms with Gasteiger partial charge in [-0.15, -0.1) is 0 Å². The number of fused-ring (bicyclic) bond motifs is 3. The molecule has 2 saturated heterocycles. The van der Waals surface area contributed by atoms with Gasteiger partial charge in [0.05, 0.1) is 6.42 Å². The molecule has 12 heteroatoms. The van der Waals surface area contributed by atoms with Gasteiger partial charge in [0.1, 0.15) is 36.3 Å². The maximum Gasteiger partial charge on any atom is 0.335 e. The van der Waals surface area contributed by atoms with E-state index in [0.717, 1.165) is 50.2 Å². The Morgan fingerprint density at radius 3 is 1.66 bits per heavy atom. The van der Waals surface area contributed by atoms with Crippen LogP contribution in [0.5, 0.6) is 0 Å². The molecular formula is C35H66O9Si3. The smallest absolute Gasteiger partial charge is 0.335 e. The minimum atomic E-state index is -3.01. The van der Waals surface area contributed by atoms with Crippen molar-refractivity contribution < 1.29 is 41.2 Å². The lowest BCUT2D eigenvalue weighted by molar-refractivity contribution is -0.208. The standard InChI is InChI=1S/C35H66O9Si3/c1-13-45(14-2,15-3)41-32-29(38-28(37)20-19-27(12)36)30-31(40-35(39-30)21-17-16-18-22-35)33-34(32)43-47(25(8)9,26(10)11)44-46(42-33,23(4)5)24(6)7/h23-26,29-34H,13-22H2,1-12H3/t29-,30-,31-,32+,33-,34-/m0/s1. The van der Waals surface area contributed by atoms with Crippen LogP contribution in [0.2, 0.25) is 40.3 Å². The van der Waals surface area contributed by atoms with Crippen LogP contribution in [-0.2, 0) is 41.2 Å². The summed E-state index contributed by atoms with van der Waals surface area (Å²) in [4.78, 5) is 25.4. The number of ether oxygens (including phenoxy) is 3. The van der Waals surface area contributed by atoms with E-state index in [-0.39, 0.29) is 40.8 Å². The topological polar surface area (TPSA) is 98.8 Å². The van der Waals surface area contributed by atoms with Crippen LogP contribution in [0.4, 0.5) is 0 Å². The fraction of sp³-hybridized carbons (Fsp3) is 0.943. The van der Waals surface area contributed by atoms with Gasteiger partial charge in [0.25, 0.3) is 0 Å². The van der Waals surface area contributed by atoms with E-state index in [4.69, 9.17) is 31.6 Å². The van der Waals surface area contributed by atoms with E-state index in [1.807, 2.05) is 0 Å². The van der Waals surface area contributed by atoms with Crippen LogP contribution in [0.1, 0.15) is 128 Å². The first kappa shape index (κ1) is 39.3. The second-order valence-electron chi connectivity index (χ2n) is 15.9. The fourth-order valence-corrected chi connectivity index (χ4v) is 22.8. The van der Waals surface area contributed by atoms with Crippen LogP contribution in [0.15, 0.2) is 0 Å². The predicted octanol–water partition coefficient (Wildman–Crippen LogP) is 8.44. The number of hydrogen-bond donors (Lipinski definition) is 0. The summed E-state index contributed by atoms with van der Waals surface area (Å²) in [5.41, 5.74) is 0.603. The highest BCUT2D eigenvalue weighted by molar-refractivity contribution is 6.84. The SMILES string of the molecule is CC[Si](CC)(CC)O[C@@H]1[C@@H](OC(=O)CCC(C)=O)[C@@H]2OC3(CCCCC3)O[C@@H]2[C@@H]2O[Si](C(C)C)(C(C)C)O[Si](C(C)C)(C(C)C)O[C@@H]12. The minimum Gasteiger partial charge on any atom is -0.457 e. The van der Waals surface area contributed by atoms with Gasteiger partial charge in [-0.2, -0.15) is 0 Å². The molecule has 272 valence electrons. The molecule has 1 spiro atoms. The normalized spacial score (nSPS) is 31.7. The summed E-state index contributed by atoms with van der Waals surface area (Å²) in [7, 11) is -8.25. The number of esters is 1. The summed E-state index contributed by atoms with van der Waals surface area (Å²) in [6.45, 7) is 26.0. The summed E-state index contributed by atoms with van der Waals surface area (Å²) in [6, 6.07) is 2.79. The highest BCUT2D eigenvalue weighted by Gasteiger charge is 2.70. The second-order valence-corrected chi connectivity index (χ2v) is 29.5. The molecule has 9 nitrogen and oxygen atoms in total. The van der Waals surface area contributed by atoms with Gasteiger partial charge in [-0.1, -0.05) is 82.6 Å². The Hall–Kier alpha value is -0.449. The van der Waals surface area contributed by atoms with Gasteiger partial charge < -0.3 is 36.4 Å². The molecule has 0 aromatic rings. The van der Waals surface area contributed by atoms with E-state index >= 15 is 0 Å². The number of carbonyl (C=O) groups is 2. The van der Waals surface area contributed by atoms with E-state index in [2.05, 4.69) is 76.2 Å². The molecule has 4 rings (SSSR count). The molecule has 4 aliphatic rings. The monoisotopic (exact) mass is 714 g/mol. The van der Waals surface area contributed by atoms with E-state index in [1.165, 1.54) is 6.92 Å². The van der Waals surface area contributed by atoms with Crippen molar-refractivity contribution >= 4 is 37.2 Å². The summed E-state index contributed by atoms with van der Waals surface area (Å²) >= 11 is 0. The van der Waals surface area contributed by atoms with Crippen LogP contribution in [-0.4, -0.2) is 79.6 Å². The Balaban J connectivity index is 1.95. The lowest BCUT2D eigenvalue weighted by atomic mass is 9.85. The van der Waals surface area contributed by atoms with Gasteiger partial charge in [0, 0.05) is 19.3 Å². The van der Waals surface area contributed by atoms with Crippen LogP contribution < -0.4 is 0 Å². The molecule has 47 heavy (non-hydrogen) atoms. The molecule has 0 aromatic carbocycles. The zero-order valence-corrected chi connectivity index (χ0v) is 34.5. The lowest BCUT2D eigenvalue weighted by Gasteiger charge is -2.50. The van der Waals surface area contributed by atoms with Gasteiger partial charge in [-0.25, -0.2) is 0 Å². The summed E-state index contributed by atoms with van der Waals surface area (Å²) in [5.74, 6) is -1.22. The van der Waals surface area contributed by atoms with Crippen molar-refractivity contribution in [2.24, 2.45) is 0 Å². The first-order valence-corrected chi connectivity index (χ1v) is 25.3. The van der Waals surface area contributed by atoms with E-state index < -0.39 is 73.8 Å². The summed E-state index contributed by atoms with van der Waals surface area (Å²) < 4.78 is 50.8. The number of carbonyl (C=O) groups excluding carboxylic acids is 2. The molecule has 2 heterocycles. The predicted molar refractivity (Wildman–Crippen MR) is 190 cm³/mol. The number of hydrogen-bond acceptors (Lipinski definition) is 9. The molecule has 2 saturated carbocycles. The third kappa shape index (κ3) is 7.61. The van der Waals surface area contributed by atoms with Gasteiger partial charge >= 0.3 is 23.1 Å². The van der Waals surface area contributed by atoms with E-state index in [9.17, 15) is 9.59 Å². The third-order valence-corrected chi connectivity index (χ3v) is 26.6. The molecule has 0 aromatic heterocycles. The van der Waals surface area contributed by atoms with Crippen molar-refractivity contribution in [3.8, 4) is 0 Å². The molecule has 2 aliphatic carbocycles. The molecule has 0 amide bonds. The Morgan fingerprint density at radius 2 is 1.19 bits per heavy atom. The minimum absolute atomic E-state index is 0.0157. The first-order valence-electron chi connectivity index (χ1n) is 18.8. The maximum absolute atomic E-state index is 13.5. The van der Waals surface area contributed by atoms with Gasteiger partial charge in [0.2, 0.25) is 0 Å². The third-order valence-electron chi connectivity index (χ3n) is 11.7. The van der Waals surface area contributed by atoms with E-state index in [1.54, 1.807) is 0 Å². The quantitative estimate of drug-likeness (QED) is 0.138. The molecule has 0 N–H and O–H groups in total. The molecule has 6 atom stereocenters. The average Bonchev–Trinajstić information content (AvgIpc) is 3.27. The first-order chi connectivity index (χ1) is 22.0. The van der Waals surface area contributed by atoms with Crippen LogP contribution >= 0.6 is 0 Å². The second kappa shape index (κ2) is 15.4. The molecule has 0 unspecified atom stereocenters. The number of ketones is 1. The zero-order chi connectivity index (χ0) is 34.9. The van der Waals surface area contributed by atoms with Crippen LogP contribution in [0, 0.1) is 0 Å². The summed E-state index contributed by atoms with van der Waals surface area (Å²) in [5, 5.41) is 0. The van der Waals surface area contributed by atoms with E-state index in [0.29, 0.717) is 0 Å². The van der Waals surface area contributed by atoms with Crippen molar-refractivity contribution in [3.05, 3.63) is 0 Å². The fourth-order valence-electron chi connectivity index (χ4n) is 8.63.